The fraction of sp³-hybridized carbons (Fsp3) is 0.480. The van der Waals surface area contributed by atoms with Crippen LogP contribution < -0.4 is 0 Å². The van der Waals surface area contributed by atoms with Gasteiger partial charge in [-0.3, -0.25) is 4.79 Å². The van der Waals surface area contributed by atoms with Gasteiger partial charge in [-0.2, -0.15) is 0 Å². The molecule has 0 amide bonds. The minimum Gasteiger partial charge on any atom is -0.481 e. The zero-order valence-corrected chi connectivity index (χ0v) is 16.9. The van der Waals surface area contributed by atoms with Crippen molar-refractivity contribution in [2.45, 2.75) is 71.1 Å². The van der Waals surface area contributed by atoms with Crippen LogP contribution in [0.25, 0.3) is 0 Å². The third-order valence-corrected chi connectivity index (χ3v) is 5.55. The number of carboxylic acid groups (broad SMARTS) is 1. The van der Waals surface area contributed by atoms with E-state index in [2.05, 4.69) is 62.4 Å². The van der Waals surface area contributed by atoms with Crippen LogP contribution in [0.15, 0.2) is 54.6 Å². The first kappa shape index (κ1) is 21.2. The van der Waals surface area contributed by atoms with Crippen molar-refractivity contribution in [2.75, 3.05) is 0 Å². The number of carbonyl (C=O) groups is 1. The third kappa shape index (κ3) is 7.21. The number of benzene rings is 2. The molecule has 0 fully saturated rings. The summed E-state index contributed by atoms with van der Waals surface area (Å²) >= 11 is 0. The first-order chi connectivity index (χ1) is 13.1. The van der Waals surface area contributed by atoms with Crippen LogP contribution in [0, 0.1) is 5.92 Å². The maximum Gasteiger partial charge on any atom is 0.307 e. The van der Waals surface area contributed by atoms with Gasteiger partial charge in [-0.05, 0) is 35.4 Å². The average molecular weight is 367 g/mol. The second-order valence-electron chi connectivity index (χ2n) is 7.69. The Morgan fingerprint density at radius 1 is 0.852 bits per heavy atom. The van der Waals surface area contributed by atoms with Gasteiger partial charge in [0.2, 0.25) is 0 Å². The monoisotopic (exact) mass is 366 g/mol. The van der Waals surface area contributed by atoms with Crippen molar-refractivity contribution in [1.82, 2.24) is 0 Å². The summed E-state index contributed by atoms with van der Waals surface area (Å²) in [6, 6.07) is 18.9. The molecule has 2 heteroatoms. The Hall–Kier alpha value is -2.09. The van der Waals surface area contributed by atoms with Crippen LogP contribution in [0.5, 0.6) is 0 Å². The molecule has 0 saturated heterocycles. The van der Waals surface area contributed by atoms with Gasteiger partial charge in [-0.25, -0.2) is 0 Å². The topological polar surface area (TPSA) is 37.3 Å². The van der Waals surface area contributed by atoms with Crippen molar-refractivity contribution >= 4 is 5.97 Å². The van der Waals surface area contributed by atoms with Gasteiger partial charge in [0.25, 0.3) is 0 Å². The second-order valence-corrected chi connectivity index (χ2v) is 7.69. The highest BCUT2D eigenvalue weighted by Crippen LogP contribution is 2.29. The molecule has 2 unspecified atom stereocenters. The zero-order valence-electron chi connectivity index (χ0n) is 16.9. The lowest BCUT2D eigenvalue weighted by Crippen LogP contribution is -2.20. The number of carboxylic acids is 1. The fourth-order valence-corrected chi connectivity index (χ4v) is 3.73. The lowest BCUT2D eigenvalue weighted by molar-refractivity contribution is -0.142. The molecule has 146 valence electrons. The summed E-state index contributed by atoms with van der Waals surface area (Å²) < 4.78 is 0. The van der Waals surface area contributed by atoms with Crippen molar-refractivity contribution in [3.63, 3.8) is 0 Å². The Balaban J connectivity index is 1.90. The van der Waals surface area contributed by atoms with Crippen LogP contribution in [0.4, 0.5) is 0 Å². The van der Waals surface area contributed by atoms with Gasteiger partial charge < -0.3 is 5.11 Å². The highest BCUT2D eigenvalue weighted by Gasteiger charge is 2.25. The average Bonchev–Trinajstić information content (AvgIpc) is 2.68. The smallest absolute Gasteiger partial charge is 0.307 e. The molecule has 2 aromatic carbocycles. The molecule has 2 rings (SSSR count). The van der Waals surface area contributed by atoms with E-state index in [-0.39, 0.29) is 11.8 Å². The van der Waals surface area contributed by atoms with E-state index >= 15 is 0 Å². The van der Waals surface area contributed by atoms with E-state index in [9.17, 15) is 9.90 Å². The molecule has 2 aromatic rings. The number of hydrogen-bond donors (Lipinski definition) is 1. The maximum absolute atomic E-state index is 11.8. The van der Waals surface area contributed by atoms with Gasteiger partial charge in [0, 0.05) is 0 Å². The zero-order chi connectivity index (χ0) is 19.5. The van der Waals surface area contributed by atoms with Gasteiger partial charge in [0.1, 0.15) is 0 Å². The van der Waals surface area contributed by atoms with Crippen molar-refractivity contribution in [3.05, 3.63) is 71.3 Å². The van der Waals surface area contributed by atoms with E-state index in [0.29, 0.717) is 0 Å². The summed E-state index contributed by atoms with van der Waals surface area (Å²) in [5.74, 6) is -0.913. The Morgan fingerprint density at radius 2 is 1.44 bits per heavy atom. The summed E-state index contributed by atoms with van der Waals surface area (Å²) in [5, 5.41) is 9.70. The van der Waals surface area contributed by atoms with E-state index in [1.165, 1.54) is 36.8 Å². The first-order valence-corrected chi connectivity index (χ1v) is 10.5. The lowest BCUT2D eigenvalue weighted by Gasteiger charge is -2.21. The van der Waals surface area contributed by atoms with E-state index in [4.69, 9.17) is 0 Å². The number of aliphatic carboxylic acids is 1. The minimum absolute atomic E-state index is 0.0453. The van der Waals surface area contributed by atoms with Gasteiger partial charge in [0.05, 0.1) is 5.92 Å². The molecule has 0 saturated carbocycles. The van der Waals surface area contributed by atoms with Gasteiger partial charge in [0.15, 0.2) is 0 Å². The molecule has 0 spiro atoms. The minimum atomic E-state index is -0.663. The van der Waals surface area contributed by atoms with Crippen LogP contribution in [-0.4, -0.2) is 11.1 Å². The number of hydrogen-bond acceptors (Lipinski definition) is 1. The predicted molar refractivity (Wildman–Crippen MR) is 113 cm³/mol. The molecule has 0 bridgehead atoms. The van der Waals surface area contributed by atoms with Crippen molar-refractivity contribution in [3.8, 4) is 0 Å². The molecule has 27 heavy (non-hydrogen) atoms. The molecule has 0 aliphatic carbocycles. The summed E-state index contributed by atoms with van der Waals surface area (Å²) in [6.45, 7) is 4.27. The molecule has 0 aliphatic heterocycles. The largest absolute Gasteiger partial charge is 0.481 e. The van der Waals surface area contributed by atoms with E-state index in [1.54, 1.807) is 0 Å². The quantitative estimate of drug-likeness (QED) is 0.418. The standard InChI is InChI=1S/C25H34O2/c1-3-4-5-6-7-11-14-24(25(26)27)20(2)23-17-15-22(16-18-23)19-21-12-9-8-10-13-21/h8-10,12-13,15-18,20,24H,3-7,11,14,19H2,1-2H3,(H,26,27). The van der Waals surface area contributed by atoms with Gasteiger partial charge in [-0.15, -0.1) is 0 Å². The Kier molecular flexibility index (Phi) is 9.10. The molecule has 1 N–H and O–H groups in total. The highest BCUT2D eigenvalue weighted by atomic mass is 16.4. The van der Waals surface area contributed by atoms with Crippen LogP contribution in [0.3, 0.4) is 0 Å². The van der Waals surface area contributed by atoms with Gasteiger partial charge >= 0.3 is 5.97 Å². The lowest BCUT2D eigenvalue weighted by atomic mass is 9.83. The van der Waals surface area contributed by atoms with Crippen molar-refractivity contribution < 1.29 is 9.90 Å². The molecule has 0 heterocycles. The molecule has 0 aromatic heterocycles. The second kappa shape index (κ2) is 11.6. The maximum atomic E-state index is 11.8. The molecule has 0 radical (unpaired) electrons. The Bertz CT molecular complexity index is 660. The SMILES string of the molecule is CCCCCCCCC(C(=O)O)C(C)c1ccc(Cc2ccccc2)cc1. The summed E-state index contributed by atoms with van der Waals surface area (Å²) in [7, 11) is 0. The van der Waals surface area contributed by atoms with E-state index < -0.39 is 5.97 Å². The Labute approximate surface area is 164 Å². The van der Waals surface area contributed by atoms with Crippen LogP contribution in [0.1, 0.15) is 81.4 Å². The normalized spacial score (nSPS) is 13.3. The van der Waals surface area contributed by atoms with Crippen molar-refractivity contribution in [1.29, 1.82) is 0 Å². The summed E-state index contributed by atoms with van der Waals surface area (Å²) in [5.41, 5.74) is 3.69. The molecule has 2 atom stereocenters. The molecule has 2 nitrogen and oxygen atoms in total. The highest BCUT2D eigenvalue weighted by molar-refractivity contribution is 5.71. The summed E-state index contributed by atoms with van der Waals surface area (Å²) in [6.07, 6.45) is 8.87. The van der Waals surface area contributed by atoms with Crippen molar-refractivity contribution in [2.24, 2.45) is 5.92 Å². The fourth-order valence-electron chi connectivity index (χ4n) is 3.73. The number of unbranched alkanes of at least 4 members (excludes halogenated alkanes) is 5. The third-order valence-electron chi connectivity index (χ3n) is 5.55. The predicted octanol–water partition coefficient (Wildman–Crippen LogP) is 6.83. The van der Waals surface area contributed by atoms with E-state index in [0.717, 1.165) is 31.2 Å². The molecular formula is C25H34O2. The van der Waals surface area contributed by atoms with Crippen LogP contribution >= 0.6 is 0 Å². The van der Waals surface area contributed by atoms with E-state index in [1.807, 2.05) is 6.07 Å². The number of rotatable bonds is 12. The van der Waals surface area contributed by atoms with Gasteiger partial charge in [-0.1, -0.05) is 107 Å². The molecular weight excluding hydrogens is 332 g/mol. The summed E-state index contributed by atoms with van der Waals surface area (Å²) in [4.78, 5) is 11.8. The van der Waals surface area contributed by atoms with Crippen LogP contribution in [0.2, 0.25) is 0 Å². The Morgan fingerprint density at radius 3 is 2.07 bits per heavy atom. The first-order valence-electron chi connectivity index (χ1n) is 10.5. The molecule has 0 aliphatic rings. The van der Waals surface area contributed by atoms with Crippen LogP contribution in [-0.2, 0) is 11.2 Å².